The first-order valence-corrected chi connectivity index (χ1v) is 8.98. The highest BCUT2D eigenvalue weighted by Crippen LogP contribution is 2.28. The van der Waals surface area contributed by atoms with Gasteiger partial charge in [-0.2, -0.15) is 4.31 Å². The molecule has 21 heavy (non-hydrogen) atoms. The summed E-state index contributed by atoms with van der Waals surface area (Å²) in [4.78, 5) is -0.427. The summed E-state index contributed by atoms with van der Waals surface area (Å²) in [6.45, 7) is 5.80. The largest absolute Gasteiger partial charge is 0.246 e. The quantitative estimate of drug-likeness (QED) is 0.714. The molecular weight excluding hydrogens is 336 g/mol. The SMILES string of the molecule is CC(C)CC(C)N(C)S(=O)(=O)c1cc(Cl)cc(CCl)c1F. The van der Waals surface area contributed by atoms with Gasteiger partial charge in [0.1, 0.15) is 10.7 Å². The van der Waals surface area contributed by atoms with Gasteiger partial charge in [-0.05, 0) is 31.4 Å². The van der Waals surface area contributed by atoms with Crippen LogP contribution in [0.2, 0.25) is 5.02 Å². The highest BCUT2D eigenvalue weighted by Gasteiger charge is 2.30. The molecule has 0 spiro atoms. The highest BCUT2D eigenvalue weighted by molar-refractivity contribution is 7.89. The zero-order chi connectivity index (χ0) is 16.4. The number of rotatable bonds is 6. The maximum Gasteiger partial charge on any atom is 0.246 e. The van der Waals surface area contributed by atoms with Crippen molar-refractivity contribution < 1.29 is 12.8 Å². The third kappa shape index (κ3) is 4.31. The predicted octanol–water partition coefficient (Wildman–Crippen LogP) is 4.27. The Hall–Kier alpha value is -0.360. The van der Waals surface area contributed by atoms with Gasteiger partial charge in [-0.1, -0.05) is 25.4 Å². The van der Waals surface area contributed by atoms with E-state index in [-0.39, 0.29) is 22.5 Å². The first-order valence-electron chi connectivity index (χ1n) is 6.63. The van der Waals surface area contributed by atoms with Crippen LogP contribution < -0.4 is 0 Å². The Kier molecular flexibility index (Phi) is 6.47. The Morgan fingerprint density at radius 3 is 2.33 bits per heavy atom. The molecule has 0 N–H and O–H groups in total. The first-order chi connectivity index (χ1) is 9.61. The van der Waals surface area contributed by atoms with Crippen molar-refractivity contribution in [3.05, 3.63) is 28.5 Å². The lowest BCUT2D eigenvalue weighted by Crippen LogP contribution is -2.36. The minimum absolute atomic E-state index is 0.0765. The summed E-state index contributed by atoms with van der Waals surface area (Å²) in [5, 5.41) is 0.149. The molecule has 0 bridgehead atoms. The maximum absolute atomic E-state index is 14.3. The van der Waals surface area contributed by atoms with Gasteiger partial charge in [-0.25, -0.2) is 12.8 Å². The van der Waals surface area contributed by atoms with Crippen LogP contribution in [0.5, 0.6) is 0 Å². The third-order valence-corrected chi connectivity index (χ3v) is 5.79. The standard InChI is InChI=1S/C14H20Cl2FNO2S/c1-9(2)5-10(3)18(4)21(19,20)13-7-12(16)6-11(8-15)14(13)17/h6-7,9-10H,5,8H2,1-4H3. The van der Waals surface area contributed by atoms with Crippen LogP contribution >= 0.6 is 23.2 Å². The lowest BCUT2D eigenvalue weighted by atomic mass is 10.1. The van der Waals surface area contributed by atoms with Gasteiger partial charge in [-0.15, -0.1) is 11.6 Å². The van der Waals surface area contributed by atoms with E-state index < -0.39 is 20.7 Å². The van der Waals surface area contributed by atoms with Gasteiger partial charge in [0, 0.05) is 23.7 Å². The average Bonchev–Trinajstić information content (AvgIpc) is 2.38. The van der Waals surface area contributed by atoms with Crippen molar-refractivity contribution >= 4 is 33.2 Å². The summed E-state index contributed by atoms with van der Waals surface area (Å²) in [5.74, 6) is -0.640. The van der Waals surface area contributed by atoms with Gasteiger partial charge in [0.2, 0.25) is 10.0 Å². The van der Waals surface area contributed by atoms with Crippen molar-refractivity contribution in [1.82, 2.24) is 4.31 Å². The Labute approximate surface area is 136 Å². The molecule has 7 heteroatoms. The minimum Gasteiger partial charge on any atom is -0.207 e. The van der Waals surface area contributed by atoms with E-state index in [1.165, 1.54) is 17.4 Å². The summed E-state index contributed by atoms with van der Waals surface area (Å²) >= 11 is 11.5. The van der Waals surface area contributed by atoms with Gasteiger partial charge in [0.15, 0.2) is 0 Å². The summed E-state index contributed by atoms with van der Waals surface area (Å²) in [6, 6.07) is 2.22. The normalized spacial score (nSPS) is 14.0. The van der Waals surface area contributed by atoms with Crippen LogP contribution in [-0.4, -0.2) is 25.8 Å². The Morgan fingerprint density at radius 1 is 1.29 bits per heavy atom. The summed E-state index contributed by atoms with van der Waals surface area (Å²) in [6.07, 6.45) is 0.681. The molecule has 1 aromatic carbocycles. The lowest BCUT2D eigenvalue weighted by Gasteiger charge is -2.26. The molecule has 1 atom stereocenters. The maximum atomic E-state index is 14.3. The number of nitrogens with zero attached hydrogens (tertiary/aromatic N) is 1. The van der Waals surface area contributed by atoms with Crippen LogP contribution in [0.15, 0.2) is 17.0 Å². The zero-order valence-electron chi connectivity index (χ0n) is 12.5. The summed E-state index contributed by atoms with van der Waals surface area (Å²) in [7, 11) is -2.51. The van der Waals surface area contributed by atoms with E-state index in [9.17, 15) is 12.8 Å². The van der Waals surface area contributed by atoms with E-state index >= 15 is 0 Å². The summed E-state index contributed by atoms with van der Waals surface area (Å²) < 4.78 is 40.6. The smallest absolute Gasteiger partial charge is 0.207 e. The number of hydrogen-bond donors (Lipinski definition) is 0. The molecule has 1 aromatic rings. The van der Waals surface area contributed by atoms with Crippen molar-refractivity contribution in [2.75, 3.05) is 7.05 Å². The van der Waals surface area contributed by atoms with E-state index in [1.807, 2.05) is 13.8 Å². The molecule has 0 saturated heterocycles. The molecular formula is C14H20Cl2FNO2S. The zero-order valence-corrected chi connectivity index (χ0v) is 14.9. The molecule has 3 nitrogen and oxygen atoms in total. The van der Waals surface area contributed by atoms with Crippen molar-refractivity contribution in [1.29, 1.82) is 0 Å². The monoisotopic (exact) mass is 355 g/mol. The van der Waals surface area contributed by atoms with Crippen molar-refractivity contribution in [2.24, 2.45) is 5.92 Å². The van der Waals surface area contributed by atoms with Gasteiger partial charge in [0.05, 0.1) is 5.88 Å². The molecule has 0 aromatic heterocycles. The van der Waals surface area contributed by atoms with E-state index in [2.05, 4.69) is 0 Å². The Morgan fingerprint density at radius 2 is 1.86 bits per heavy atom. The predicted molar refractivity (Wildman–Crippen MR) is 84.8 cm³/mol. The number of sulfonamides is 1. The minimum atomic E-state index is -3.95. The van der Waals surface area contributed by atoms with Crippen molar-refractivity contribution in [3.8, 4) is 0 Å². The molecule has 1 unspecified atom stereocenters. The van der Waals surface area contributed by atoms with E-state index in [0.717, 1.165) is 6.07 Å². The van der Waals surface area contributed by atoms with Crippen LogP contribution in [0.25, 0.3) is 0 Å². The second-order valence-corrected chi connectivity index (χ2v) is 8.18. The van der Waals surface area contributed by atoms with Crippen LogP contribution in [0.3, 0.4) is 0 Å². The average molecular weight is 356 g/mol. The number of benzene rings is 1. The molecule has 0 aliphatic carbocycles. The fourth-order valence-electron chi connectivity index (χ4n) is 2.13. The molecule has 0 aliphatic heterocycles. The van der Waals surface area contributed by atoms with Gasteiger partial charge >= 0.3 is 0 Å². The second-order valence-electron chi connectivity index (χ2n) is 5.51. The first kappa shape index (κ1) is 18.7. The Bertz CT molecular complexity index is 605. The Balaban J connectivity index is 3.28. The van der Waals surface area contributed by atoms with Gasteiger partial charge in [0.25, 0.3) is 0 Å². The van der Waals surface area contributed by atoms with Crippen LogP contribution in [0.4, 0.5) is 4.39 Å². The molecule has 0 saturated carbocycles. The molecule has 0 amide bonds. The number of halogens is 3. The van der Waals surface area contributed by atoms with Gasteiger partial charge in [-0.3, -0.25) is 0 Å². The van der Waals surface area contributed by atoms with Crippen molar-refractivity contribution in [2.45, 2.75) is 44.0 Å². The fraction of sp³-hybridized carbons (Fsp3) is 0.571. The van der Waals surface area contributed by atoms with Gasteiger partial charge < -0.3 is 0 Å². The highest BCUT2D eigenvalue weighted by atomic mass is 35.5. The molecule has 0 aliphatic rings. The second kappa shape index (κ2) is 7.27. The van der Waals surface area contributed by atoms with Crippen molar-refractivity contribution in [3.63, 3.8) is 0 Å². The lowest BCUT2D eigenvalue weighted by molar-refractivity contribution is 0.336. The number of alkyl halides is 1. The topological polar surface area (TPSA) is 37.4 Å². The molecule has 0 fully saturated rings. The van der Waals surface area contributed by atoms with E-state index in [1.54, 1.807) is 6.92 Å². The number of hydrogen-bond acceptors (Lipinski definition) is 2. The van der Waals surface area contributed by atoms with Crippen LogP contribution in [-0.2, 0) is 15.9 Å². The molecule has 120 valence electrons. The fourth-order valence-corrected chi connectivity index (χ4v) is 4.13. The molecule has 1 rings (SSSR count). The molecule has 0 radical (unpaired) electrons. The molecule has 0 heterocycles. The van der Waals surface area contributed by atoms with E-state index in [0.29, 0.717) is 12.3 Å². The summed E-state index contributed by atoms with van der Waals surface area (Å²) in [5.41, 5.74) is 0.0765. The third-order valence-electron chi connectivity index (χ3n) is 3.31. The van der Waals surface area contributed by atoms with E-state index in [4.69, 9.17) is 23.2 Å². The van der Waals surface area contributed by atoms with Crippen LogP contribution in [0.1, 0.15) is 32.8 Å². The van der Waals surface area contributed by atoms with Crippen LogP contribution in [0, 0.1) is 11.7 Å².